The highest BCUT2D eigenvalue weighted by atomic mass is 19.4. The molecule has 0 bridgehead atoms. The first kappa shape index (κ1) is 18.3. The number of halogens is 3. The molecule has 1 aliphatic carbocycles. The Balaban J connectivity index is 1.68. The highest BCUT2D eigenvalue weighted by Gasteiger charge is 2.32. The number of hydrogen-bond donors (Lipinski definition) is 2. The number of H-pyrrole nitrogens is 1. The molecule has 8 heteroatoms. The second-order valence-corrected chi connectivity index (χ2v) is 6.93. The molecule has 0 spiro atoms. The quantitative estimate of drug-likeness (QED) is 0.704. The maximum atomic E-state index is 13.1. The van der Waals surface area contributed by atoms with Crippen LogP contribution in [0.2, 0.25) is 0 Å². The zero-order valence-corrected chi connectivity index (χ0v) is 15.2. The topological polar surface area (TPSA) is 62.7 Å². The normalized spacial score (nSPS) is 14.7. The number of aromatic nitrogens is 3. The summed E-state index contributed by atoms with van der Waals surface area (Å²) in [7, 11) is 0. The first-order valence-corrected chi connectivity index (χ1v) is 9.06. The molecule has 1 aliphatic rings. The molecule has 0 aliphatic heterocycles. The predicted molar refractivity (Wildman–Crippen MR) is 97.3 cm³/mol. The van der Waals surface area contributed by atoms with Crippen LogP contribution >= 0.6 is 0 Å². The van der Waals surface area contributed by atoms with Gasteiger partial charge in [-0.3, -0.25) is 4.79 Å². The van der Waals surface area contributed by atoms with Crippen LogP contribution in [0.4, 0.5) is 13.2 Å². The van der Waals surface area contributed by atoms with Crippen molar-refractivity contribution in [3.05, 3.63) is 70.8 Å². The van der Waals surface area contributed by atoms with Crippen molar-refractivity contribution in [3.8, 4) is 5.69 Å². The fraction of sp³-hybridized carbons (Fsp3) is 0.300. The zero-order valence-electron chi connectivity index (χ0n) is 15.2. The van der Waals surface area contributed by atoms with Crippen LogP contribution in [0.5, 0.6) is 0 Å². The molecule has 1 atom stereocenters. The van der Waals surface area contributed by atoms with Crippen molar-refractivity contribution in [1.29, 1.82) is 0 Å². The van der Waals surface area contributed by atoms with Crippen molar-refractivity contribution < 1.29 is 18.0 Å². The predicted octanol–water partition coefficient (Wildman–Crippen LogP) is 4.20. The zero-order chi connectivity index (χ0) is 19.9. The molecule has 1 unspecified atom stereocenters. The fourth-order valence-corrected chi connectivity index (χ4v) is 3.60. The van der Waals surface area contributed by atoms with Crippen LogP contribution in [0, 0.1) is 0 Å². The highest BCUT2D eigenvalue weighted by Crippen LogP contribution is 2.32. The van der Waals surface area contributed by atoms with Gasteiger partial charge in [-0.25, -0.2) is 4.68 Å². The number of benzene rings is 1. The number of hydrogen-bond acceptors (Lipinski definition) is 2. The van der Waals surface area contributed by atoms with E-state index in [4.69, 9.17) is 0 Å². The molecule has 4 rings (SSSR count). The molecule has 3 aromatic rings. The van der Waals surface area contributed by atoms with Gasteiger partial charge in [-0.2, -0.15) is 18.3 Å². The van der Waals surface area contributed by atoms with Gasteiger partial charge in [-0.1, -0.05) is 6.07 Å². The van der Waals surface area contributed by atoms with Gasteiger partial charge in [0.2, 0.25) is 0 Å². The number of fused-ring (bicyclic) bond motifs is 1. The second kappa shape index (κ2) is 6.85. The molecule has 2 heterocycles. The summed E-state index contributed by atoms with van der Waals surface area (Å²) in [6.07, 6.45) is 1.36. The maximum Gasteiger partial charge on any atom is 0.416 e. The van der Waals surface area contributed by atoms with E-state index in [1.54, 1.807) is 18.5 Å². The second-order valence-electron chi connectivity index (χ2n) is 6.93. The van der Waals surface area contributed by atoms with Crippen LogP contribution in [0.15, 0.2) is 42.7 Å². The number of carbonyl (C=O) groups excluding carboxylic acids is 1. The van der Waals surface area contributed by atoms with Crippen LogP contribution in [0.25, 0.3) is 5.69 Å². The first-order chi connectivity index (χ1) is 13.3. The van der Waals surface area contributed by atoms with Crippen molar-refractivity contribution in [2.75, 3.05) is 0 Å². The van der Waals surface area contributed by atoms with Gasteiger partial charge in [0.15, 0.2) is 5.69 Å². The average molecular weight is 388 g/mol. The Bertz CT molecular complexity index is 1010. The molecule has 146 valence electrons. The Morgan fingerprint density at radius 1 is 1.29 bits per heavy atom. The van der Waals surface area contributed by atoms with Crippen molar-refractivity contribution in [3.63, 3.8) is 0 Å². The molecular weight excluding hydrogens is 369 g/mol. The van der Waals surface area contributed by atoms with Gasteiger partial charge in [0.25, 0.3) is 5.91 Å². The van der Waals surface area contributed by atoms with E-state index in [1.807, 2.05) is 13.0 Å². The number of amides is 1. The third kappa shape index (κ3) is 3.30. The Kier molecular flexibility index (Phi) is 4.49. The molecule has 2 aromatic heterocycles. The molecule has 0 saturated heterocycles. The van der Waals surface area contributed by atoms with Crippen LogP contribution in [-0.2, 0) is 19.0 Å². The standard InChI is InChI=1S/C20H19F3N4O/c1-12(13-8-9-24-11-13)25-19(28)18-16-6-3-7-17(16)27(26-18)15-5-2-4-14(10-15)20(21,22)23/h2,4-5,8-12,24H,3,6-7H2,1H3,(H,25,28). The lowest BCUT2D eigenvalue weighted by atomic mass is 10.1. The smallest absolute Gasteiger partial charge is 0.367 e. The largest absolute Gasteiger partial charge is 0.416 e. The third-order valence-electron chi connectivity index (χ3n) is 5.03. The lowest BCUT2D eigenvalue weighted by Gasteiger charge is -2.12. The Morgan fingerprint density at radius 3 is 2.82 bits per heavy atom. The number of carbonyl (C=O) groups is 1. The van der Waals surface area contributed by atoms with Gasteiger partial charge in [0.1, 0.15) is 0 Å². The number of alkyl halides is 3. The summed E-state index contributed by atoms with van der Waals surface area (Å²) in [4.78, 5) is 15.7. The molecule has 0 radical (unpaired) electrons. The lowest BCUT2D eigenvalue weighted by molar-refractivity contribution is -0.137. The Labute approximate surface area is 159 Å². The van der Waals surface area contributed by atoms with Gasteiger partial charge < -0.3 is 10.3 Å². The molecule has 2 N–H and O–H groups in total. The first-order valence-electron chi connectivity index (χ1n) is 9.06. The number of nitrogens with zero attached hydrogens (tertiary/aromatic N) is 2. The van der Waals surface area contributed by atoms with E-state index in [0.29, 0.717) is 18.5 Å². The SMILES string of the molecule is CC(NC(=O)c1nn(-c2cccc(C(F)(F)F)c2)c2c1CCC2)c1cc[nH]c1. The van der Waals surface area contributed by atoms with Crippen molar-refractivity contribution in [1.82, 2.24) is 20.1 Å². The molecule has 1 aromatic carbocycles. The van der Waals surface area contributed by atoms with Crippen LogP contribution in [-0.4, -0.2) is 20.7 Å². The van der Waals surface area contributed by atoms with Gasteiger partial charge in [-0.05, 0) is 56.0 Å². The van der Waals surface area contributed by atoms with E-state index in [9.17, 15) is 18.0 Å². The molecule has 5 nitrogen and oxygen atoms in total. The minimum atomic E-state index is -4.43. The summed E-state index contributed by atoms with van der Waals surface area (Å²) < 4.78 is 40.7. The van der Waals surface area contributed by atoms with Gasteiger partial charge in [0.05, 0.1) is 17.3 Å². The van der Waals surface area contributed by atoms with E-state index in [-0.39, 0.29) is 17.6 Å². The summed E-state index contributed by atoms with van der Waals surface area (Å²) in [5.41, 5.74) is 2.41. The molecular formula is C20H19F3N4O. The van der Waals surface area contributed by atoms with E-state index in [0.717, 1.165) is 35.4 Å². The maximum absolute atomic E-state index is 13.1. The van der Waals surface area contributed by atoms with Gasteiger partial charge >= 0.3 is 6.18 Å². The summed E-state index contributed by atoms with van der Waals surface area (Å²) in [6.45, 7) is 1.87. The molecule has 0 saturated carbocycles. The number of aromatic amines is 1. The number of rotatable bonds is 4. The third-order valence-corrected chi connectivity index (χ3v) is 5.03. The van der Waals surface area contributed by atoms with E-state index >= 15 is 0 Å². The van der Waals surface area contributed by atoms with Gasteiger partial charge in [0, 0.05) is 23.7 Å². The summed E-state index contributed by atoms with van der Waals surface area (Å²) in [5.74, 6) is -0.322. The highest BCUT2D eigenvalue weighted by molar-refractivity contribution is 5.94. The van der Waals surface area contributed by atoms with Crippen LogP contribution < -0.4 is 5.32 Å². The lowest BCUT2D eigenvalue weighted by Crippen LogP contribution is -2.27. The van der Waals surface area contributed by atoms with Crippen molar-refractivity contribution in [2.24, 2.45) is 0 Å². The van der Waals surface area contributed by atoms with Crippen LogP contribution in [0.1, 0.15) is 52.3 Å². The average Bonchev–Trinajstić information content (AvgIpc) is 3.38. The monoisotopic (exact) mass is 388 g/mol. The Hall–Kier alpha value is -3.03. The molecule has 1 amide bonds. The fourth-order valence-electron chi connectivity index (χ4n) is 3.60. The van der Waals surface area contributed by atoms with Crippen molar-refractivity contribution in [2.45, 2.75) is 38.4 Å². The van der Waals surface area contributed by atoms with Crippen molar-refractivity contribution >= 4 is 5.91 Å². The van der Waals surface area contributed by atoms with E-state index in [1.165, 1.54) is 10.7 Å². The summed E-state index contributed by atoms with van der Waals surface area (Å²) in [5, 5.41) is 7.30. The van der Waals surface area contributed by atoms with E-state index < -0.39 is 11.7 Å². The minimum Gasteiger partial charge on any atom is -0.367 e. The summed E-state index contributed by atoms with van der Waals surface area (Å²) >= 11 is 0. The minimum absolute atomic E-state index is 0.213. The molecule has 28 heavy (non-hydrogen) atoms. The molecule has 0 fully saturated rings. The van der Waals surface area contributed by atoms with E-state index in [2.05, 4.69) is 15.4 Å². The Morgan fingerprint density at radius 2 is 2.11 bits per heavy atom. The summed E-state index contributed by atoms with van der Waals surface area (Å²) in [6, 6.07) is 6.68. The number of nitrogens with one attached hydrogen (secondary N) is 2. The van der Waals surface area contributed by atoms with Gasteiger partial charge in [-0.15, -0.1) is 0 Å². The van der Waals surface area contributed by atoms with Crippen LogP contribution in [0.3, 0.4) is 0 Å².